The van der Waals surface area contributed by atoms with Crippen LogP contribution in [-0.4, -0.2) is 71.1 Å². The molecule has 1 fully saturated rings. The van der Waals surface area contributed by atoms with Gasteiger partial charge in [-0.05, 0) is 105 Å². The minimum absolute atomic E-state index is 0.00643. The summed E-state index contributed by atoms with van der Waals surface area (Å²) in [4.78, 5) is 45.3. The van der Waals surface area contributed by atoms with Crippen LogP contribution in [0.2, 0.25) is 0 Å². The highest BCUT2D eigenvalue weighted by molar-refractivity contribution is 7.92. The summed E-state index contributed by atoms with van der Waals surface area (Å²) in [5.74, 6) is -1.96. The number of rotatable bonds is 11. The number of aromatic nitrogens is 1. The standard InChI is InChI=1S/C38H44FN5O8S/c1-21-15-24(7-11-28(21)22(2)20-45)33(35(46)43(6)19-25-16-26(40)8-12-32(25)53(50,51)27-9-10-27)42-31-17-23-13-14-41-34(29(23)18-30(31)39)44(36(47)48)37(49)52-38(3,4)5/h7-8,11-18,22,27,33,42,45H,9-10,19-20,40H2,1-6H3,(H,47,48)/t22-,33?/m0/s1. The van der Waals surface area contributed by atoms with Crippen molar-refractivity contribution in [2.45, 2.75) is 81.7 Å². The van der Waals surface area contributed by atoms with Crippen molar-refractivity contribution in [1.29, 1.82) is 0 Å². The second kappa shape index (κ2) is 15.0. The number of nitrogens with two attached hydrogens (primary N) is 1. The maximum atomic E-state index is 16.1. The van der Waals surface area contributed by atoms with Gasteiger partial charge < -0.3 is 30.9 Å². The van der Waals surface area contributed by atoms with Crippen LogP contribution in [0, 0.1) is 12.7 Å². The molecule has 0 saturated heterocycles. The molecule has 5 rings (SSSR count). The predicted molar refractivity (Wildman–Crippen MR) is 199 cm³/mol. The van der Waals surface area contributed by atoms with Gasteiger partial charge in [-0.25, -0.2) is 27.4 Å². The zero-order chi connectivity index (χ0) is 39.0. The van der Waals surface area contributed by atoms with Crippen molar-refractivity contribution in [1.82, 2.24) is 9.88 Å². The van der Waals surface area contributed by atoms with Crippen LogP contribution in [0.15, 0.2) is 65.7 Å². The molecule has 5 N–H and O–H groups in total. The van der Waals surface area contributed by atoms with Crippen molar-refractivity contribution in [3.05, 3.63) is 88.9 Å². The fraction of sp³-hybridized carbons (Fsp3) is 0.368. The summed E-state index contributed by atoms with van der Waals surface area (Å²) < 4.78 is 48.0. The number of fused-ring (bicyclic) bond motifs is 1. The summed E-state index contributed by atoms with van der Waals surface area (Å²) in [5.41, 5.74) is 7.68. The van der Waals surface area contributed by atoms with E-state index in [1.165, 1.54) is 48.5 Å². The molecule has 3 amide bonds. The Morgan fingerprint density at radius 2 is 1.79 bits per heavy atom. The summed E-state index contributed by atoms with van der Waals surface area (Å²) in [6.45, 7) is 8.19. The molecule has 13 nitrogen and oxygen atoms in total. The fourth-order valence-electron chi connectivity index (χ4n) is 6.12. The van der Waals surface area contributed by atoms with E-state index in [0.717, 1.165) is 17.2 Å². The highest BCUT2D eigenvalue weighted by Crippen LogP contribution is 2.37. The number of nitrogen functional groups attached to an aromatic ring is 1. The first-order chi connectivity index (χ1) is 24.8. The zero-order valence-corrected chi connectivity index (χ0v) is 31.2. The van der Waals surface area contributed by atoms with Gasteiger partial charge in [-0.15, -0.1) is 0 Å². The Labute approximate surface area is 307 Å². The maximum Gasteiger partial charge on any atom is 0.425 e. The number of aryl methyl sites for hydroxylation is 1. The molecular formula is C38H44FN5O8S. The molecular weight excluding hydrogens is 706 g/mol. The lowest BCUT2D eigenvalue weighted by Gasteiger charge is -2.28. The Hall–Kier alpha value is -5.28. The Morgan fingerprint density at radius 1 is 1.09 bits per heavy atom. The number of sulfone groups is 1. The second-order valence-corrected chi connectivity index (χ2v) is 16.6. The van der Waals surface area contributed by atoms with Crippen molar-refractivity contribution < 1.29 is 42.1 Å². The number of amides is 3. The van der Waals surface area contributed by atoms with E-state index < -0.39 is 50.6 Å². The third kappa shape index (κ3) is 8.52. The topological polar surface area (TPSA) is 192 Å². The van der Waals surface area contributed by atoms with E-state index in [9.17, 15) is 33.0 Å². The first-order valence-electron chi connectivity index (χ1n) is 17.0. The number of halogens is 1. The summed E-state index contributed by atoms with van der Waals surface area (Å²) in [5, 5.41) is 22.5. The molecule has 1 unspecified atom stereocenters. The predicted octanol–water partition coefficient (Wildman–Crippen LogP) is 6.53. The summed E-state index contributed by atoms with van der Waals surface area (Å²) in [7, 11) is -2.13. The smallest absolute Gasteiger partial charge is 0.425 e. The number of nitrogens with zero attached hydrogens (tertiary/aromatic N) is 3. The molecule has 53 heavy (non-hydrogen) atoms. The van der Waals surface area contributed by atoms with Crippen LogP contribution in [0.25, 0.3) is 10.8 Å². The number of aliphatic hydroxyl groups is 1. The van der Waals surface area contributed by atoms with Crippen molar-refractivity contribution in [3.8, 4) is 0 Å². The molecule has 1 aromatic heterocycles. The number of hydrogen-bond acceptors (Lipinski definition) is 10. The Bertz CT molecular complexity index is 2190. The van der Waals surface area contributed by atoms with Gasteiger partial charge in [0, 0.05) is 43.4 Å². The Morgan fingerprint density at radius 3 is 2.40 bits per heavy atom. The summed E-state index contributed by atoms with van der Waals surface area (Å²) >= 11 is 0. The molecule has 1 heterocycles. The largest absolute Gasteiger partial charge is 0.464 e. The molecule has 0 spiro atoms. The number of hydrogen-bond donors (Lipinski definition) is 4. The van der Waals surface area contributed by atoms with E-state index in [1.54, 1.807) is 39.0 Å². The molecule has 1 aliphatic rings. The van der Waals surface area contributed by atoms with Crippen molar-refractivity contribution >= 4 is 55.9 Å². The zero-order valence-electron chi connectivity index (χ0n) is 30.4. The minimum atomic E-state index is -3.64. The summed E-state index contributed by atoms with van der Waals surface area (Å²) in [6, 6.07) is 12.4. The molecule has 3 aromatic carbocycles. The number of nitrogens with one attached hydrogen (secondary N) is 1. The number of ether oxygens (including phenoxy) is 1. The number of likely N-dealkylation sites (N-methyl/N-ethyl adjacent to an activating group) is 1. The van der Waals surface area contributed by atoms with E-state index in [2.05, 4.69) is 10.3 Å². The normalized spacial score (nSPS) is 14.3. The molecule has 2 atom stereocenters. The van der Waals surface area contributed by atoms with Crippen LogP contribution in [0.3, 0.4) is 0 Å². The number of anilines is 3. The van der Waals surface area contributed by atoms with Gasteiger partial charge in [-0.1, -0.05) is 25.1 Å². The van der Waals surface area contributed by atoms with Gasteiger partial charge in [0.05, 0.1) is 15.8 Å². The lowest BCUT2D eigenvalue weighted by atomic mass is 9.93. The Kier molecular flexibility index (Phi) is 11.0. The van der Waals surface area contributed by atoms with Gasteiger partial charge in [0.2, 0.25) is 5.91 Å². The third-order valence-corrected chi connectivity index (χ3v) is 11.3. The molecule has 0 radical (unpaired) electrons. The highest BCUT2D eigenvalue weighted by Gasteiger charge is 2.39. The van der Waals surface area contributed by atoms with Crippen molar-refractivity contribution in [2.24, 2.45) is 0 Å². The van der Waals surface area contributed by atoms with Crippen molar-refractivity contribution in [2.75, 3.05) is 29.6 Å². The molecule has 0 bridgehead atoms. The van der Waals surface area contributed by atoms with E-state index >= 15 is 4.39 Å². The molecule has 0 aliphatic heterocycles. The molecule has 4 aromatic rings. The van der Waals surface area contributed by atoms with E-state index in [4.69, 9.17) is 10.5 Å². The summed E-state index contributed by atoms with van der Waals surface area (Å²) in [6.07, 6.45) is -0.524. The van der Waals surface area contributed by atoms with Gasteiger partial charge in [0.15, 0.2) is 15.7 Å². The number of pyridine rings is 1. The third-order valence-electron chi connectivity index (χ3n) is 8.93. The van der Waals surface area contributed by atoms with E-state index in [1.807, 2.05) is 13.8 Å². The monoisotopic (exact) mass is 749 g/mol. The van der Waals surface area contributed by atoms with Gasteiger partial charge in [-0.2, -0.15) is 4.90 Å². The van der Waals surface area contributed by atoms with Crippen LogP contribution in [0.5, 0.6) is 0 Å². The first-order valence-corrected chi connectivity index (χ1v) is 18.6. The van der Waals surface area contributed by atoms with E-state index in [-0.39, 0.29) is 40.9 Å². The van der Waals surface area contributed by atoms with Crippen molar-refractivity contribution in [3.63, 3.8) is 0 Å². The number of carboxylic acid groups (broad SMARTS) is 1. The molecule has 1 saturated carbocycles. The van der Waals surface area contributed by atoms with Crippen LogP contribution in [0.4, 0.5) is 31.2 Å². The van der Waals surface area contributed by atoms with Crippen LogP contribution >= 0.6 is 0 Å². The fourth-order valence-corrected chi connectivity index (χ4v) is 7.98. The first kappa shape index (κ1) is 38.9. The van der Waals surface area contributed by atoms with Crippen LogP contribution in [0.1, 0.15) is 74.8 Å². The molecule has 282 valence electrons. The number of carbonyl (C=O) groups excluding carboxylic acids is 2. The number of imide groups is 1. The quantitative estimate of drug-likeness (QED) is 0.122. The van der Waals surface area contributed by atoms with Crippen LogP contribution in [-0.2, 0) is 25.9 Å². The average Bonchev–Trinajstić information content (AvgIpc) is 3.93. The van der Waals surface area contributed by atoms with Crippen LogP contribution < -0.4 is 16.0 Å². The van der Waals surface area contributed by atoms with Gasteiger partial charge in [0.1, 0.15) is 17.5 Å². The SMILES string of the molecule is Cc1cc(C(Nc2cc3ccnc(N(C(=O)O)C(=O)OC(C)(C)C)c3cc2F)C(=O)N(C)Cc2cc(N)ccc2S(=O)(=O)C2CC2)ccc1[C@@H](C)CO. The lowest BCUT2D eigenvalue weighted by Crippen LogP contribution is -2.40. The number of aliphatic hydroxyl groups excluding tert-OH is 1. The van der Waals surface area contributed by atoms with E-state index in [0.29, 0.717) is 39.9 Å². The second-order valence-electron chi connectivity index (χ2n) is 14.4. The number of carbonyl (C=O) groups is 3. The van der Waals surface area contributed by atoms with Gasteiger partial charge >= 0.3 is 12.2 Å². The molecule has 15 heteroatoms. The maximum absolute atomic E-state index is 16.1. The lowest BCUT2D eigenvalue weighted by molar-refractivity contribution is -0.131. The van der Waals surface area contributed by atoms with Gasteiger partial charge in [-0.3, -0.25) is 4.79 Å². The average molecular weight is 750 g/mol. The number of benzene rings is 3. The molecule has 1 aliphatic carbocycles. The minimum Gasteiger partial charge on any atom is -0.464 e. The highest BCUT2D eigenvalue weighted by atomic mass is 32.2. The Balaban J connectivity index is 1.56. The van der Waals surface area contributed by atoms with Gasteiger partial charge in [0.25, 0.3) is 0 Å².